The summed E-state index contributed by atoms with van der Waals surface area (Å²) in [7, 11) is 0. The van der Waals surface area contributed by atoms with Gasteiger partial charge in [-0.15, -0.1) is 11.3 Å². The molecule has 6 rings (SSSR count). The summed E-state index contributed by atoms with van der Waals surface area (Å²) >= 11 is 1.85. The Kier molecular flexibility index (Phi) is 15.8. The predicted molar refractivity (Wildman–Crippen MR) is 212 cm³/mol. The third kappa shape index (κ3) is 12.6. The van der Waals surface area contributed by atoms with Crippen LogP contribution >= 0.6 is 11.3 Å². The number of benzene rings is 2. The number of nitrogens with zero attached hydrogens (tertiary/aromatic N) is 1. The van der Waals surface area contributed by atoms with Crippen LogP contribution in [0.2, 0.25) is 0 Å². The first-order chi connectivity index (χ1) is 23.3. The summed E-state index contributed by atoms with van der Waals surface area (Å²) in [6.45, 7) is 17.0. The smallest absolute Gasteiger partial charge is 0.0962 e. The highest BCUT2D eigenvalue weighted by Gasteiger charge is 2.27. The zero-order chi connectivity index (χ0) is 34.3. The van der Waals surface area contributed by atoms with Crippen LogP contribution in [-0.4, -0.2) is 4.98 Å². The minimum Gasteiger partial charge on any atom is -0.403 e. The van der Waals surface area contributed by atoms with Gasteiger partial charge < -0.3 is 11.1 Å². The molecule has 3 aliphatic rings. The standard InChI is InChI=1S/C20H24N2S.C16H24.C8H17N/c1-14(15-6-3-2-4-7-15)22-18-9-5-8-17(12-18)19-13-21-20(23-19)16-10-11-16;1-4-14-9-10-16(11-13(14)3)15-7-5-12(2)6-8-15;1-3-4-5-6-7-8(2)9/h5,8-9,12-13,15-16,22H,1-4,6-7,10-11H2;9-12,15H,4-8H2,1-3H3;2-7,9H2,1H3. The number of hydrogen-bond donors (Lipinski definition) is 2. The first-order valence-corrected chi connectivity index (χ1v) is 20.1. The summed E-state index contributed by atoms with van der Waals surface area (Å²) in [5.41, 5.74) is 14.4. The molecule has 3 fully saturated rings. The summed E-state index contributed by atoms with van der Waals surface area (Å²) in [5.74, 6) is 3.16. The largest absolute Gasteiger partial charge is 0.403 e. The molecular formula is C44H65N3S. The number of rotatable bonds is 12. The number of hydrogen-bond acceptors (Lipinski definition) is 4. The number of unbranched alkanes of at least 4 members (excludes halogenated alkanes) is 3. The van der Waals surface area contributed by atoms with Gasteiger partial charge in [0.05, 0.1) is 9.88 Å². The van der Waals surface area contributed by atoms with E-state index in [1.54, 1.807) is 5.56 Å². The number of aryl methyl sites for hydroxylation is 2. The van der Waals surface area contributed by atoms with Gasteiger partial charge in [0.25, 0.3) is 0 Å². The number of nitrogens with one attached hydrogen (secondary N) is 1. The van der Waals surface area contributed by atoms with Gasteiger partial charge in [-0.05, 0) is 117 Å². The molecule has 0 amide bonds. The summed E-state index contributed by atoms with van der Waals surface area (Å²) in [6, 6.07) is 15.8. The lowest BCUT2D eigenvalue weighted by Crippen LogP contribution is -2.14. The highest BCUT2D eigenvalue weighted by molar-refractivity contribution is 7.15. The molecule has 262 valence electrons. The molecular weight excluding hydrogens is 603 g/mol. The fourth-order valence-electron chi connectivity index (χ4n) is 7.17. The highest BCUT2D eigenvalue weighted by atomic mass is 32.1. The van der Waals surface area contributed by atoms with E-state index in [4.69, 9.17) is 5.73 Å². The van der Waals surface area contributed by atoms with Gasteiger partial charge in [0, 0.05) is 29.2 Å². The third-order valence-electron chi connectivity index (χ3n) is 10.6. The highest BCUT2D eigenvalue weighted by Crippen LogP contribution is 2.43. The van der Waals surface area contributed by atoms with E-state index in [0.29, 0.717) is 5.92 Å². The Bertz CT molecular complexity index is 1400. The molecule has 3 nitrogen and oxygen atoms in total. The van der Waals surface area contributed by atoms with Crippen LogP contribution < -0.4 is 11.1 Å². The van der Waals surface area contributed by atoms with Gasteiger partial charge in [0.1, 0.15) is 0 Å². The molecule has 48 heavy (non-hydrogen) atoms. The third-order valence-corrected chi connectivity index (χ3v) is 11.8. The molecule has 1 heterocycles. The first-order valence-electron chi connectivity index (χ1n) is 19.3. The number of anilines is 1. The van der Waals surface area contributed by atoms with Gasteiger partial charge in [-0.2, -0.15) is 0 Å². The average molecular weight is 668 g/mol. The van der Waals surface area contributed by atoms with E-state index >= 15 is 0 Å². The van der Waals surface area contributed by atoms with E-state index in [2.05, 4.69) is 93.6 Å². The van der Waals surface area contributed by atoms with Crippen molar-refractivity contribution in [1.82, 2.24) is 4.98 Å². The van der Waals surface area contributed by atoms with Crippen molar-refractivity contribution in [1.29, 1.82) is 0 Å². The van der Waals surface area contributed by atoms with Crippen molar-refractivity contribution < 1.29 is 0 Å². The van der Waals surface area contributed by atoms with Crippen molar-refractivity contribution in [2.24, 2.45) is 17.6 Å². The second kappa shape index (κ2) is 20.0. The first kappa shape index (κ1) is 38.0. The Hall–Kier alpha value is -2.85. The van der Waals surface area contributed by atoms with Crippen LogP contribution in [0.5, 0.6) is 0 Å². The quantitative estimate of drug-likeness (QED) is 0.189. The Morgan fingerprint density at radius 2 is 1.60 bits per heavy atom. The van der Waals surface area contributed by atoms with Gasteiger partial charge >= 0.3 is 0 Å². The summed E-state index contributed by atoms with van der Waals surface area (Å²) < 4.78 is 0. The molecule has 3 aliphatic carbocycles. The van der Waals surface area contributed by atoms with Crippen LogP contribution in [0.3, 0.4) is 0 Å². The molecule has 1 aromatic heterocycles. The average Bonchev–Trinajstić information content (AvgIpc) is 3.83. The fraction of sp³-hybridized carbons (Fsp3) is 0.568. The van der Waals surface area contributed by atoms with Crippen molar-refractivity contribution in [3.05, 3.63) is 94.9 Å². The lowest BCUT2D eigenvalue weighted by molar-refractivity contribution is 0.348. The zero-order valence-corrected chi connectivity index (χ0v) is 31.6. The lowest BCUT2D eigenvalue weighted by atomic mass is 9.79. The molecule has 0 saturated heterocycles. The Morgan fingerprint density at radius 3 is 2.25 bits per heavy atom. The molecule has 3 aromatic rings. The maximum atomic E-state index is 5.38. The number of allylic oxidation sites excluding steroid dienone is 2. The minimum atomic E-state index is 0.636. The van der Waals surface area contributed by atoms with Crippen LogP contribution in [0.1, 0.15) is 157 Å². The van der Waals surface area contributed by atoms with E-state index in [-0.39, 0.29) is 0 Å². The van der Waals surface area contributed by atoms with Gasteiger partial charge in [-0.3, -0.25) is 0 Å². The monoisotopic (exact) mass is 667 g/mol. The van der Waals surface area contributed by atoms with Crippen molar-refractivity contribution in [3.63, 3.8) is 0 Å². The topological polar surface area (TPSA) is 50.9 Å². The molecule has 3 saturated carbocycles. The molecule has 0 aliphatic heterocycles. The maximum Gasteiger partial charge on any atom is 0.0962 e. The molecule has 4 heteroatoms. The fourth-order valence-corrected chi connectivity index (χ4v) is 8.25. The second-order valence-electron chi connectivity index (χ2n) is 14.9. The van der Waals surface area contributed by atoms with Gasteiger partial charge in [-0.25, -0.2) is 4.98 Å². The summed E-state index contributed by atoms with van der Waals surface area (Å²) in [6.07, 6.45) is 24.2. The molecule has 0 spiro atoms. The number of nitrogens with two attached hydrogens (primary N) is 1. The molecule has 0 bridgehead atoms. The van der Waals surface area contributed by atoms with Crippen LogP contribution in [0.25, 0.3) is 10.4 Å². The van der Waals surface area contributed by atoms with Crippen LogP contribution in [0.4, 0.5) is 5.69 Å². The van der Waals surface area contributed by atoms with Crippen LogP contribution in [0.15, 0.2) is 73.2 Å². The minimum absolute atomic E-state index is 0.636. The van der Waals surface area contributed by atoms with Crippen LogP contribution in [0, 0.1) is 18.8 Å². The Balaban J connectivity index is 0.000000181. The van der Waals surface area contributed by atoms with Gasteiger partial charge in [0.2, 0.25) is 0 Å². The lowest BCUT2D eigenvalue weighted by Gasteiger charge is -2.27. The molecule has 0 radical (unpaired) electrons. The van der Waals surface area contributed by atoms with Crippen molar-refractivity contribution in [2.45, 2.75) is 149 Å². The van der Waals surface area contributed by atoms with E-state index in [1.165, 1.54) is 129 Å². The summed E-state index contributed by atoms with van der Waals surface area (Å²) in [4.78, 5) is 5.88. The predicted octanol–water partition coefficient (Wildman–Crippen LogP) is 13.5. The number of aromatic nitrogens is 1. The molecule has 0 atom stereocenters. The molecule has 0 unspecified atom stereocenters. The van der Waals surface area contributed by atoms with Crippen molar-refractivity contribution in [3.8, 4) is 10.4 Å². The number of thiazole rings is 1. The van der Waals surface area contributed by atoms with Crippen molar-refractivity contribution >= 4 is 17.0 Å². The zero-order valence-electron chi connectivity index (χ0n) is 30.8. The van der Waals surface area contributed by atoms with E-state index in [0.717, 1.165) is 42.0 Å². The summed E-state index contributed by atoms with van der Waals surface area (Å²) in [5, 5.41) is 4.86. The normalized spacial score (nSPS) is 19.3. The Morgan fingerprint density at radius 1 is 0.875 bits per heavy atom. The van der Waals surface area contributed by atoms with Crippen molar-refractivity contribution in [2.75, 3.05) is 5.32 Å². The van der Waals surface area contributed by atoms with Crippen LogP contribution in [-0.2, 0) is 6.42 Å². The maximum absolute atomic E-state index is 5.38. The van der Waals surface area contributed by atoms with E-state index < -0.39 is 0 Å². The Labute approximate surface area is 297 Å². The SMILES string of the molecule is C=C(N)CCCCCC.C=C(Nc1cccc(-c2cnc(C3CC3)s2)c1)C1CCCCC1.CCc1ccc(C2CCC(C)CC2)cc1C. The molecule has 3 N–H and O–H groups in total. The van der Waals surface area contributed by atoms with Gasteiger partial charge in [-0.1, -0.05) is 116 Å². The second-order valence-corrected chi connectivity index (χ2v) is 15.9. The van der Waals surface area contributed by atoms with E-state index in [9.17, 15) is 0 Å². The van der Waals surface area contributed by atoms with Gasteiger partial charge in [0.15, 0.2) is 0 Å². The molecule has 2 aromatic carbocycles. The van der Waals surface area contributed by atoms with E-state index in [1.807, 2.05) is 17.5 Å².